The van der Waals surface area contributed by atoms with E-state index in [0.29, 0.717) is 23.0 Å². The van der Waals surface area contributed by atoms with Gasteiger partial charge in [-0.15, -0.1) is 0 Å². The first-order valence-corrected chi connectivity index (χ1v) is 9.55. The quantitative estimate of drug-likeness (QED) is 0.850. The third-order valence-corrected chi connectivity index (χ3v) is 5.48. The molecule has 4 rings (SSSR count). The van der Waals surface area contributed by atoms with Crippen molar-refractivity contribution in [2.75, 3.05) is 19.6 Å². The van der Waals surface area contributed by atoms with Crippen LogP contribution < -0.4 is 10.1 Å². The van der Waals surface area contributed by atoms with Crippen molar-refractivity contribution in [2.45, 2.75) is 19.9 Å². The number of benzene rings is 2. The number of hydrogen-bond donors (Lipinski definition) is 1. The summed E-state index contributed by atoms with van der Waals surface area (Å²) < 4.78 is 6.12. The second-order valence-corrected chi connectivity index (χ2v) is 7.49. The molecular weight excluding hydrogens is 362 g/mol. The number of nitrogens with one attached hydrogen (secondary N) is 1. The van der Waals surface area contributed by atoms with Crippen LogP contribution in [-0.2, 0) is 4.79 Å². The number of Topliss-reactive ketones (excluding diaryl/α,β-unsaturated/α-hetero) is 1. The SMILES string of the molecule is CC(=O)[C@H](C)[C@@H]1CN(C2=Nc3cc(Cl)ccc3Oc3ccccc32)CCN1. The van der Waals surface area contributed by atoms with E-state index in [1.807, 2.05) is 43.3 Å². The minimum Gasteiger partial charge on any atom is -0.454 e. The number of amidine groups is 1. The lowest BCUT2D eigenvalue weighted by atomic mass is 9.95. The van der Waals surface area contributed by atoms with Gasteiger partial charge in [-0.25, -0.2) is 4.99 Å². The molecule has 2 aliphatic heterocycles. The number of ketones is 1. The van der Waals surface area contributed by atoms with Gasteiger partial charge >= 0.3 is 0 Å². The Labute approximate surface area is 164 Å². The van der Waals surface area contributed by atoms with Gasteiger partial charge < -0.3 is 15.0 Å². The van der Waals surface area contributed by atoms with Crippen LogP contribution in [0.25, 0.3) is 0 Å². The zero-order chi connectivity index (χ0) is 19.0. The zero-order valence-electron chi connectivity index (χ0n) is 15.4. The number of aliphatic imine (C=N–C) groups is 1. The molecule has 5 nitrogen and oxygen atoms in total. The average Bonchev–Trinajstić information content (AvgIpc) is 2.84. The molecule has 1 N–H and O–H groups in total. The number of piperazine rings is 1. The van der Waals surface area contributed by atoms with Gasteiger partial charge in [-0.05, 0) is 37.3 Å². The molecule has 0 aromatic heterocycles. The van der Waals surface area contributed by atoms with Gasteiger partial charge in [-0.2, -0.15) is 0 Å². The van der Waals surface area contributed by atoms with E-state index in [-0.39, 0.29) is 17.7 Å². The molecule has 1 saturated heterocycles. The second-order valence-electron chi connectivity index (χ2n) is 7.05. The number of fused-ring (bicyclic) bond motifs is 2. The smallest absolute Gasteiger partial charge is 0.153 e. The number of ether oxygens (including phenoxy) is 1. The molecule has 2 heterocycles. The summed E-state index contributed by atoms with van der Waals surface area (Å²) >= 11 is 6.19. The molecule has 27 heavy (non-hydrogen) atoms. The molecule has 0 spiro atoms. The topological polar surface area (TPSA) is 53.9 Å². The van der Waals surface area contributed by atoms with E-state index < -0.39 is 0 Å². The summed E-state index contributed by atoms with van der Waals surface area (Å²) in [5.41, 5.74) is 1.66. The number of carbonyl (C=O) groups is 1. The van der Waals surface area contributed by atoms with Crippen LogP contribution in [0, 0.1) is 5.92 Å². The predicted molar refractivity (Wildman–Crippen MR) is 107 cm³/mol. The lowest BCUT2D eigenvalue weighted by Crippen LogP contribution is -2.56. The van der Waals surface area contributed by atoms with Gasteiger partial charge in [0.15, 0.2) is 5.75 Å². The van der Waals surface area contributed by atoms with Gasteiger partial charge in [0.25, 0.3) is 0 Å². The maximum Gasteiger partial charge on any atom is 0.153 e. The minimum absolute atomic E-state index is 0.0487. The molecular formula is C21H22ClN3O2. The summed E-state index contributed by atoms with van der Waals surface area (Å²) in [5.74, 6) is 2.46. The fourth-order valence-corrected chi connectivity index (χ4v) is 3.69. The highest BCUT2D eigenvalue weighted by Gasteiger charge is 2.30. The van der Waals surface area contributed by atoms with Crippen LogP contribution in [0.3, 0.4) is 0 Å². The molecule has 1 fully saturated rings. The van der Waals surface area contributed by atoms with E-state index in [2.05, 4.69) is 10.2 Å². The highest BCUT2D eigenvalue weighted by molar-refractivity contribution is 6.31. The van der Waals surface area contributed by atoms with E-state index in [4.69, 9.17) is 21.3 Å². The Morgan fingerprint density at radius 1 is 1.30 bits per heavy atom. The van der Waals surface area contributed by atoms with Crippen LogP contribution in [0.1, 0.15) is 19.4 Å². The molecule has 2 aliphatic rings. The Morgan fingerprint density at radius 3 is 2.93 bits per heavy atom. The van der Waals surface area contributed by atoms with Crippen LogP contribution in [0.5, 0.6) is 11.5 Å². The highest BCUT2D eigenvalue weighted by atomic mass is 35.5. The van der Waals surface area contributed by atoms with E-state index in [1.165, 1.54) is 0 Å². The van der Waals surface area contributed by atoms with Gasteiger partial charge in [0.2, 0.25) is 0 Å². The molecule has 0 radical (unpaired) electrons. The lowest BCUT2D eigenvalue weighted by molar-refractivity contribution is -0.121. The molecule has 0 amide bonds. The molecule has 0 aliphatic carbocycles. The Balaban J connectivity index is 1.76. The maximum atomic E-state index is 11.9. The normalized spacial score (nSPS) is 19.9. The third kappa shape index (κ3) is 3.57. The molecule has 0 unspecified atom stereocenters. The Morgan fingerprint density at radius 2 is 2.11 bits per heavy atom. The monoisotopic (exact) mass is 383 g/mol. The largest absolute Gasteiger partial charge is 0.454 e. The molecule has 2 aromatic rings. The van der Waals surface area contributed by atoms with Gasteiger partial charge in [-0.1, -0.05) is 30.7 Å². The molecule has 0 saturated carbocycles. The number of hydrogen-bond acceptors (Lipinski definition) is 5. The van der Waals surface area contributed by atoms with Crippen molar-refractivity contribution in [3.63, 3.8) is 0 Å². The molecule has 6 heteroatoms. The summed E-state index contributed by atoms with van der Waals surface area (Å²) in [6.45, 7) is 5.95. The average molecular weight is 384 g/mol. The van der Waals surface area contributed by atoms with E-state index in [1.54, 1.807) is 13.0 Å². The predicted octanol–water partition coefficient (Wildman–Crippen LogP) is 4.02. The molecule has 2 aromatic carbocycles. The summed E-state index contributed by atoms with van der Waals surface area (Å²) in [4.78, 5) is 19.0. The van der Waals surface area contributed by atoms with Crippen molar-refractivity contribution in [2.24, 2.45) is 10.9 Å². The third-order valence-electron chi connectivity index (χ3n) is 5.24. The van der Waals surface area contributed by atoms with Crippen LogP contribution >= 0.6 is 11.6 Å². The van der Waals surface area contributed by atoms with Gasteiger partial charge in [0.05, 0.1) is 5.56 Å². The Kier molecular flexibility index (Phi) is 4.89. The van der Waals surface area contributed by atoms with Crippen molar-refractivity contribution in [1.29, 1.82) is 0 Å². The summed E-state index contributed by atoms with van der Waals surface area (Å²) in [6.07, 6.45) is 0. The number of halogens is 1. The zero-order valence-corrected chi connectivity index (χ0v) is 16.2. The number of carbonyl (C=O) groups excluding carboxylic acids is 1. The van der Waals surface area contributed by atoms with E-state index in [9.17, 15) is 4.79 Å². The Hall–Kier alpha value is -2.37. The lowest BCUT2D eigenvalue weighted by Gasteiger charge is -2.37. The van der Waals surface area contributed by atoms with E-state index in [0.717, 1.165) is 30.2 Å². The summed E-state index contributed by atoms with van der Waals surface area (Å²) in [5, 5.41) is 4.09. The van der Waals surface area contributed by atoms with Gasteiger partial charge in [0.1, 0.15) is 23.1 Å². The first-order chi connectivity index (χ1) is 13.0. The summed E-state index contributed by atoms with van der Waals surface area (Å²) in [6, 6.07) is 13.5. The first-order valence-electron chi connectivity index (χ1n) is 9.17. The fourth-order valence-electron chi connectivity index (χ4n) is 3.53. The number of rotatable bonds is 2. The van der Waals surface area contributed by atoms with Gasteiger partial charge in [-0.3, -0.25) is 4.79 Å². The first kappa shape index (κ1) is 18.0. The molecule has 140 valence electrons. The Bertz CT molecular complexity index is 912. The number of nitrogens with zero attached hydrogens (tertiary/aromatic N) is 2. The number of para-hydroxylation sites is 1. The molecule has 2 atom stereocenters. The van der Waals surface area contributed by atoms with Crippen molar-refractivity contribution in [3.8, 4) is 11.5 Å². The van der Waals surface area contributed by atoms with Crippen molar-refractivity contribution >= 4 is 28.9 Å². The standard InChI is InChI=1S/C21H22ClN3O2/c1-13(14(2)26)18-12-25(10-9-23-18)21-16-5-3-4-6-19(16)27-20-8-7-15(22)11-17(20)24-21/h3-8,11,13,18,23H,9-10,12H2,1-2H3/t13-,18-/m0/s1. The summed E-state index contributed by atoms with van der Waals surface area (Å²) in [7, 11) is 0. The maximum absolute atomic E-state index is 11.9. The van der Waals surface area contributed by atoms with E-state index >= 15 is 0 Å². The minimum atomic E-state index is -0.0487. The van der Waals surface area contributed by atoms with Crippen LogP contribution in [0.15, 0.2) is 47.5 Å². The fraction of sp³-hybridized carbons (Fsp3) is 0.333. The van der Waals surface area contributed by atoms with Crippen LogP contribution in [0.2, 0.25) is 5.02 Å². The van der Waals surface area contributed by atoms with Crippen molar-refractivity contribution in [1.82, 2.24) is 10.2 Å². The van der Waals surface area contributed by atoms with Crippen molar-refractivity contribution < 1.29 is 9.53 Å². The van der Waals surface area contributed by atoms with Crippen molar-refractivity contribution in [3.05, 3.63) is 53.1 Å². The second kappa shape index (κ2) is 7.33. The highest BCUT2D eigenvalue weighted by Crippen LogP contribution is 2.39. The van der Waals surface area contributed by atoms with Crippen LogP contribution in [-0.4, -0.2) is 42.2 Å². The molecule has 0 bridgehead atoms. The van der Waals surface area contributed by atoms with Crippen LogP contribution in [0.4, 0.5) is 5.69 Å². The van der Waals surface area contributed by atoms with Gasteiger partial charge in [0, 0.05) is 36.6 Å².